The molecule has 0 bridgehead atoms. The summed E-state index contributed by atoms with van der Waals surface area (Å²) in [5.74, 6) is -0.0235. The Bertz CT molecular complexity index is 634. The summed E-state index contributed by atoms with van der Waals surface area (Å²) in [6, 6.07) is 1.32. The quantitative estimate of drug-likeness (QED) is 0.594. The number of hydrazone groups is 1. The zero-order valence-corrected chi connectivity index (χ0v) is 14.1. The smallest absolute Gasteiger partial charge is 0.189 e. The topological polar surface area (TPSA) is 73.2 Å². The van der Waals surface area contributed by atoms with Crippen LogP contribution >= 0.6 is 12.2 Å². The predicted octanol–water partition coefficient (Wildman–Crippen LogP) is 0.192. The lowest BCUT2D eigenvalue weighted by Crippen LogP contribution is -2.51. The number of aliphatic hydroxyl groups excluding tert-OH is 1. The van der Waals surface area contributed by atoms with Crippen molar-refractivity contribution in [2.75, 3.05) is 45.9 Å². The summed E-state index contributed by atoms with van der Waals surface area (Å²) in [4.78, 5) is 8.30. The van der Waals surface area contributed by atoms with E-state index in [0.29, 0.717) is 41.8 Å². The first-order chi connectivity index (χ1) is 11.7. The maximum absolute atomic E-state index is 13.2. The van der Waals surface area contributed by atoms with E-state index in [1.165, 1.54) is 6.07 Å². The van der Waals surface area contributed by atoms with Crippen molar-refractivity contribution in [3.8, 4) is 5.75 Å². The summed E-state index contributed by atoms with van der Waals surface area (Å²) in [7, 11) is 0. The lowest BCUT2D eigenvalue weighted by Gasteiger charge is -2.35. The Hall–Kier alpha value is -1.84. The minimum absolute atomic E-state index is 0.172. The van der Waals surface area contributed by atoms with Crippen molar-refractivity contribution in [2.45, 2.75) is 6.42 Å². The zero-order valence-electron chi connectivity index (χ0n) is 13.2. The van der Waals surface area contributed by atoms with E-state index in [1.807, 2.05) is 4.90 Å². The number of hydrogen-bond donors (Lipinski definition) is 2. The second-order valence-corrected chi connectivity index (χ2v) is 6.01. The average Bonchev–Trinajstić information content (AvgIpc) is 2.60. The molecule has 0 amide bonds. The van der Waals surface area contributed by atoms with Gasteiger partial charge in [-0.2, -0.15) is 5.10 Å². The largest absolute Gasteiger partial charge is 0.491 e. The van der Waals surface area contributed by atoms with Gasteiger partial charge in [-0.3, -0.25) is 10.3 Å². The molecule has 0 aliphatic carbocycles. The number of rotatable bonds is 3. The van der Waals surface area contributed by atoms with Gasteiger partial charge in [0.1, 0.15) is 17.3 Å². The molecule has 0 radical (unpaired) electrons. The highest BCUT2D eigenvalue weighted by Crippen LogP contribution is 2.23. The fourth-order valence-electron chi connectivity index (χ4n) is 2.73. The van der Waals surface area contributed by atoms with E-state index >= 15 is 0 Å². The van der Waals surface area contributed by atoms with Gasteiger partial charge in [-0.25, -0.2) is 9.37 Å². The number of aromatic nitrogens is 1. The first-order valence-corrected chi connectivity index (χ1v) is 8.31. The summed E-state index contributed by atoms with van der Waals surface area (Å²) in [6.07, 6.45) is 1.74. The fraction of sp³-hybridized carbons (Fsp3) is 0.533. The molecule has 7 nitrogen and oxygen atoms in total. The molecular weight excluding hydrogens is 333 g/mol. The van der Waals surface area contributed by atoms with E-state index in [1.54, 1.807) is 0 Å². The van der Waals surface area contributed by atoms with Gasteiger partial charge in [0.2, 0.25) is 0 Å². The molecule has 2 aliphatic rings. The number of hydrogen-bond acceptors (Lipinski definition) is 6. The maximum Gasteiger partial charge on any atom is 0.189 e. The molecule has 24 heavy (non-hydrogen) atoms. The predicted molar refractivity (Wildman–Crippen MR) is 91.7 cm³/mol. The Morgan fingerprint density at radius 2 is 2.21 bits per heavy atom. The van der Waals surface area contributed by atoms with Crippen LogP contribution in [0.5, 0.6) is 5.75 Å². The van der Waals surface area contributed by atoms with Crippen molar-refractivity contribution in [3.63, 3.8) is 0 Å². The maximum atomic E-state index is 13.2. The molecule has 2 aliphatic heterocycles. The second-order valence-electron chi connectivity index (χ2n) is 5.63. The molecule has 0 unspecified atom stereocenters. The third-order valence-electron chi connectivity index (χ3n) is 4.05. The van der Waals surface area contributed by atoms with Crippen molar-refractivity contribution in [1.29, 1.82) is 0 Å². The highest BCUT2D eigenvalue weighted by molar-refractivity contribution is 7.80. The van der Waals surface area contributed by atoms with Crippen molar-refractivity contribution in [3.05, 3.63) is 23.8 Å². The highest BCUT2D eigenvalue weighted by Gasteiger charge is 2.21. The number of fused-ring (bicyclic) bond motifs is 1. The number of piperazine rings is 1. The van der Waals surface area contributed by atoms with Gasteiger partial charge in [0.25, 0.3) is 0 Å². The Labute approximate surface area is 145 Å². The van der Waals surface area contributed by atoms with Crippen molar-refractivity contribution in [2.24, 2.45) is 5.10 Å². The van der Waals surface area contributed by atoms with Crippen LogP contribution in [-0.4, -0.2) is 76.7 Å². The van der Waals surface area contributed by atoms with Gasteiger partial charge < -0.3 is 14.7 Å². The van der Waals surface area contributed by atoms with Gasteiger partial charge in [-0.05, 0) is 12.2 Å². The second kappa shape index (κ2) is 7.82. The Morgan fingerprint density at radius 1 is 1.42 bits per heavy atom. The molecule has 3 rings (SSSR count). The average molecular weight is 353 g/mol. The fourth-order valence-corrected chi connectivity index (χ4v) is 2.96. The minimum atomic E-state index is -0.431. The van der Waals surface area contributed by atoms with Gasteiger partial charge in [0.15, 0.2) is 5.11 Å². The number of β-amino-alcohol motifs (C(OH)–C–C–N with tert-alkyl or cyclic N) is 1. The van der Waals surface area contributed by atoms with Crippen molar-refractivity contribution >= 4 is 23.0 Å². The third kappa shape index (κ3) is 3.97. The number of nitrogens with zero attached hydrogens (tertiary/aromatic N) is 4. The zero-order chi connectivity index (χ0) is 16.9. The molecular formula is C15H20FN5O2S. The lowest BCUT2D eigenvalue weighted by molar-refractivity contribution is 0.146. The Morgan fingerprint density at radius 3 is 2.96 bits per heavy atom. The first kappa shape index (κ1) is 17.0. The van der Waals surface area contributed by atoms with Crippen LogP contribution in [0.1, 0.15) is 12.1 Å². The van der Waals surface area contributed by atoms with Gasteiger partial charge in [0, 0.05) is 45.2 Å². The van der Waals surface area contributed by atoms with Crippen LogP contribution in [0.15, 0.2) is 17.4 Å². The molecule has 9 heteroatoms. The van der Waals surface area contributed by atoms with Crippen LogP contribution < -0.4 is 10.2 Å². The van der Waals surface area contributed by atoms with E-state index in [2.05, 4.69) is 20.4 Å². The summed E-state index contributed by atoms with van der Waals surface area (Å²) in [5, 5.41) is 13.9. The highest BCUT2D eigenvalue weighted by atomic mass is 32.1. The monoisotopic (exact) mass is 353 g/mol. The normalized spacial score (nSPS) is 19.8. The molecule has 130 valence electrons. The third-order valence-corrected chi connectivity index (χ3v) is 4.40. The standard InChI is InChI=1S/C15H20FN5O2S/c16-11-9-13-14(17-10-11)12(1-8-23-13)18-19-15(24)21-4-2-20(3-5-21)6-7-22/h9-10,22H,1-8H2,(H,19,24)/b18-12-. The molecule has 0 spiro atoms. The summed E-state index contributed by atoms with van der Waals surface area (Å²) in [6.45, 7) is 4.60. The molecule has 1 aromatic rings. The van der Waals surface area contributed by atoms with Crippen LogP contribution in [0.2, 0.25) is 0 Å². The Kier molecular flexibility index (Phi) is 5.54. The first-order valence-electron chi connectivity index (χ1n) is 7.91. The summed E-state index contributed by atoms with van der Waals surface area (Å²) in [5.41, 5.74) is 4.17. The molecule has 2 N–H and O–H groups in total. The minimum Gasteiger partial charge on any atom is -0.491 e. The molecule has 0 atom stereocenters. The lowest BCUT2D eigenvalue weighted by atomic mass is 10.1. The van der Waals surface area contributed by atoms with Gasteiger partial charge in [-0.1, -0.05) is 0 Å². The van der Waals surface area contributed by atoms with Gasteiger partial charge >= 0.3 is 0 Å². The van der Waals surface area contributed by atoms with Gasteiger partial charge in [0.05, 0.1) is 25.1 Å². The molecule has 3 heterocycles. The van der Waals surface area contributed by atoms with Gasteiger partial charge in [-0.15, -0.1) is 0 Å². The number of pyridine rings is 1. The molecule has 1 aromatic heterocycles. The Balaban J connectivity index is 1.60. The molecule has 1 fully saturated rings. The van der Waals surface area contributed by atoms with Crippen LogP contribution in [0.25, 0.3) is 0 Å². The van der Waals surface area contributed by atoms with Crippen LogP contribution in [-0.2, 0) is 0 Å². The number of nitrogens with one attached hydrogen (secondary N) is 1. The van der Waals surface area contributed by atoms with Crippen LogP contribution in [0.3, 0.4) is 0 Å². The number of aliphatic hydroxyl groups is 1. The van der Waals surface area contributed by atoms with Crippen LogP contribution in [0.4, 0.5) is 4.39 Å². The molecule has 1 saturated heterocycles. The van der Waals surface area contributed by atoms with E-state index in [9.17, 15) is 4.39 Å². The van der Waals surface area contributed by atoms with E-state index < -0.39 is 5.82 Å². The summed E-state index contributed by atoms with van der Waals surface area (Å²) >= 11 is 5.39. The molecule has 0 aromatic carbocycles. The molecule has 0 saturated carbocycles. The van der Waals surface area contributed by atoms with E-state index in [4.69, 9.17) is 22.1 Å². The van der Waals surface area contributed by atoms with Crippen molar-refractivity contribution in [1.82, 2.24) is 20.2 Å². The SMILES string of the molecule is OCCN1CCN(C(=S)N/N=C2/CCOc3cc(F)cnc32)CC1. The van der Waals surface area contributed by atoms with Crippen molar-refractivity contribution < 1.29 is 14.2 Å². The van der Waals surface area contributed by atoms with Crippen LogP contribution in [0, 0.1) is 5.82 Å². The van der Waals surface area contributed by atoms with E-state index in [0.717, 1.165) is 32.4 Å². The number of halogens is 1. The number of ether oxygens (including phenoxy) is 1. The summed E-state index contributed by atoms with van der Waals surface area (Å²) < 4.78 is 18.6. The number of thiocarbonyl (C=S) groups is 1. The van der Waals surface area contributed by atoms with E-state index in [-0.39, 0.29) is 6.61 Å².